The number of halogens is 1. The quantitative estimate of drug-likeness (QED) is 0.687. The maximum atomic E-state index is 12.9. The normalized spacial score (nSPS) is 10.4. The van der Waals surface area contributed by atoms with Crippen LogP contribution in [0.2, 0.25) is 0 Å². The number of carbonyl (C=O) groups excluding carboxylic acids is 2. The molecule has 0 radical (unpaired) electrons. The SMILES string of the molecule is Cc1ccccc1NC(=O)c1cccc(C(=O)NCCc2ccc(F)cc2)n1. The Bertz CT molecular complexity index is 987. The Labute approximate surface area is 162 Å². The number of hydrogen-bond donors (Lipinski definition) is 2. The number of aromatic nitrogens is 1. The first kappa shape index (κ1) is 19.2. The van der Waals surface area contributed by atoms with E-state index in [9.17, 15) is 14.0 Å². The standard InChI is InChI=1S/C22H20FN3O2/c1-15-5-2-3-6-18(15)26-22(28)20-8-4-7-19(25-20)21(27)24-14-13-16-9-11-17(23)12-10-16/h2-12H,13-14H2,1H3,(H,24,27)(H,26,28). The molecule has 28 heavy (non-hydrogen) atoms. The monoisotopic (exact) mass is 377 g/mol. The molecule has 1 heterocycles. The lowest BCUT2D eigenvalue weighted by atomic mass is 10.1. The van der Waals surface area contributed by atoms with Crippen LogP contribution in [0, 0.1) is 12.7 Å². The lowest BCUT2D eigenvalue weighted by molar-refractivity contribution is 0.0949. The molecule has 2 amide bonds. The molecule has 0 unspecified atom stereocenters. The summed E-state index contributed by atoms with van der Waals surface area (Å²) in [6, 6.07) is 18.3. The molecule has 0 aliphatic heterocycles. The summed E-state index contributed by atoms with van der Waals surface area (Å²) in [5, 5.41) is 5.56. The summed E-state index contributed by atoms with van der Waals surface area (Å²) in [5.74, 6) is -1.04. The highest BCUT2D eigenvalue weighted by Gasteiger charge is 2.13. The fourth-order valence-corrected chi connectivity index (χ4v) is 2.65. The van der Waals surface area contributed by atoms with Crippen molar-refractivity contribution in [3.8, 4) is 0 Å². The topological polar surface area (TPSA) is 71.1 Å². The summed E-state index contributed by atoms with van der Waals surface area (Å²) in [6.07, 6.45) is 0.569. The summed E-state index contributed by atoms with van der Waals surface area (Å²) in [5.41, 5.74) is 2.88. The first-order valence-corrected chi connectivity index (χ1v) is 8.89. The minimum Gasteiger partial charge on any atom is -0.350 e. The molecule has 6 heteroatoms. The number of carbonyl (C=O) groups is 2. The third kappa shape index (κ3) is 5.01. The van der Waals surface area contributed by atoms with Crippen molar-refractivity contribution in [1.82, 2.24) is 10.3 Å². The lowest BCUT2D eigenvalue weighted by Gasteiger charge is -2.09. The first-order valence-electron chi connectivity index (χ1n) is 8.89. The van der Waals surface area contributed by atoms with E-state index in [1.165, 1.54) is 12.1 Å². The average Bonchev–Trinajstić information content (AvgIpc) is 2.71. The van der Waals surface area contributed by atoms with E-state index in [4.69, 9.17) is 0 Å². The third-order valence-electron chi connectivity index (χ3n) is 4.22. The van der Waals surface area contributed by atoms with Crippen LogP contribution in [0.1, 0.15) is 32.1 Å². The molecule has 0 spiro atoms. The van der Waals surface area contributed by atoms with Crippen molar-refractivity contribution < 1.29 is 14.0 Å². The zero-order valence-corrected chi connectivity index (χ0v) is 15.4. The van der Waals surface area contributed by atoms with E-state index in [0.717, 1.165) is 11.1 Å². The minimum absolute atomic E-state index is 0.162. The summed E-state index contributed by atoms with van der Waals surface area (Å²) >= 11 is 0. The second-order valence-corrected chi connectivity index (χ2v) is 6.31. The van der Waals surface area contributed by atoms with E-state index < -0.39 is 0 Å². The highest BCUT2D eigenvalue weighted by molar-refractivity contribution is 6.04. The van der Waals surface area contributed by atoms with E-state index in [0.29, 0.717) is 18.7 Å². The number of nitrogens with zero attached hydrogens (tertiary/aromatic N) is 1. The number of aryl methyl sites for hydroxylation is 1. The van der Waals surface area contributed by atoms with Gasteiger partial charge in [0, 0.05) is 12.2 Å². The molecule has 5 nitrogen and oxygen atoms in total. The number of amides is 2. The molecule has 0 aliphatic rings. The zero-order valence-electron chi connectivity index (χ0n) is 15.4. The Morgan fingerprint density at radius 1 is 0.893 bits per heavy atom. The van der Waals surface area contributed by atoms with Gasteiger partial charge in [0.2, 0.25) is 0 Å². The van der Waals surface area contributed by atoms with E-state index >= 15 is 0 Å². The number of hydrogen-bond acceptors (Lipinski definition) is 3. The molecule has 3 rings (SSSR count). The second-order valence-electron chi connectivity index (χ2n) is 6.31. The number of para-hydroxylation sites is 1. The van der Waals surface area contributed by atoms with Gasteiger partial charge in [-0.25, -0.2) is 9.37 Å². The van der Waals surface area contributed by atoms with Crippen molar-refractivity contribution in [2.75, 3.05) is 11.9 Å². The number of anilines is 1. The number of benzene rings is 2. The van der Waals surface area contributed by atoms with Gasteiger partial charge in [0.25, 0.3) is 11.8 Å². The van der Waals surface area contributed by atoms with Crippen molar-refractivity contribution in [3.63, 3.8) is 0 Å². The molecule has 3 aromatic rings. The molecule has 2 N–H and O–H groups in total. The molecule has 0 fully saturated rings. The molecule has 2 aromatic carbocycles. The Morgan fingerprint density at radius 3 is 2.29 bits per heavy atom. The molecule has 142 valence electrons. The Balaban J connectivity index is 1.60. The summed E-state index contributed by atoms with van der Waals surface area (Å²) in [6.45, 7) is 2.28. The highest BCUT2D eigenvalue weighted by Crippen LogP contribution is 2.14. The molecular formula is C22H20FN3O2. The van der Waals surface area contributed by atoms with Crippen molar-refractivity contribution in [1.29, 1.82) is 0 Å². The van der Waals surface area contributed by atoms with Crippen LogP contribution in [-0.4, -0.2) is 23.3 Å². The van der Waals surface area contributed by atoms with Crippen LogP contribution < -0.4 is 10.6 Å². The van der Waals surface area contributed by atoms with Crippen LogP contribution in [0.4, 0.5) is 10.1 Å². The molecule has 0 saturated carbocycles. The van der Waals surface area contributed by atoms with Gasteiger partial charge >= 0.3 is 0 Å². The Kier molecular flexibility index (Phi) is 6.11. The van der Waals surface area contributed by atoms with Crippen LogP contribution in [0.25, 0.3) is 0 Å². The predicted octanol–water partition coefficient (Wildman–Crippen LogP) is 3.75. The number of nitrogens with one attached hydrogen (secondary N) is 2. The average molecular weight is 377 g/mol. The van der Waals surface area contributed by atoms with Gasteiger partial charge in [0.05, 0.1) is 0 Å². The van der Waals surface area contributed by atoms with Gasteiger partial charge in [0.1, 0.15) is 17.2 Å². The van der Waals surface area contributed by atoms with Gasteiger partial charge in [-0.15, -0.1) is 0 Å². The van der Waals surface area contributed by atoms with Gasteiger partial charge in [0.15, 0.2) is 0 Å². The molecule has 1 aromatic heterocycles. The van der Waals surface area contributed by atoms with Crippen molar-refractivity contribution in [3.05, 3.63) is 95.1 Å². The summed E-state index contributed by atoms with van der Waals surface area (Å²) in [4.78, 5) is 28.9. The number of pyridine rings is 1. The van der Waals surface area contributed by atoms with Gasteiger partial charge in [-0.3, -0.25) is 9.59 Å². The van der Waals surface area contributed by atoms with Gasteiger partial charge in [-0.2, -0.15) is 0 Å². The Hall–Kier alpha value is -3.54. The van der Waals surface area contributed by atoms with E-state index in [2.05, 4.69) is 15.6 Å². The van der Waals surface area contributed by atoms with Crippen LogP contribution in [-0.2, 0) is 6.42 Å². The molecule has 0 aliphatic carbocycles. The fraction of sp³-hybridized carbons (Fsp3) is 0.136. The summed E-state index contributed by atoms with van der Waals surface area (Å²) in [7, 11) is 0. The smallest absolute Gasteiger partial charge is 0.274 e. The van der Waals surface area contributed by atoms with Crippen LogP contribution in [0.3, 0.4) is 0 Å². The van der Waals surface area contributed by atoms with E-state index in [-0.39, 0.29) is 29.0 Å². The first-order chi connectivity index (χ1) is 13.5. The third-order valence-corrected chi connectivity index (χ3v) is 4.22. The van der Waals surface area contributed by atoms with Crippen molar-refractivity contribution in [2.45, 2.75) is 13.3 Å². The molecule has 0 bridgehead atoms. The fourth-order valence-electron chi connectivity index (χ4n) is 2.65. The zero-order chi connectivity index (χ0) is 19.9. The van der Waals surface area contributed by atoms with Gasteiger partial charge < -0.3 is 10.6 Å². The minimum atomic E-state index is -0.379. The largest absolute Gasteiger partial charge is 0.350 e. The van der Waals surface area contributed by atoms with E-state index in [1.807, 2.05) is 25.1 Å². The van der Waals surface area contributed by atoms with Crippen LogP contribution >= 0.6 is 0 Å². The maximum absolute atomic E-state index is 12.9. The highest BCUT2D eigenvalue weighted by atomic mass is 19.1. The van der Waals surface area contributed by atoms with Crippen molar-refractivity contribution >= 4 is 17.5 Å². The van der Waals surface area contributed by atoms with Gasteiger partial charge in [-0.05, 0) is 54.8 Å². The van der Waals surface area contributed by atoms with Crippen LogP contribution in [0.5, 0.6) is 0 Å². The van der Waals surface area contributed by atoms with E-state index in [1.54, 1.807) is 36.4 Å². The summed E-state index contributed by atoms with van der Waals surface area (Å²) < 4.78 is 12.9. The molecule has 0 atom stereocenters. The molecule has 0 saturated heterocycles. The molecular weight excluding hydrogens is 357 g/mol. The van der Waals surface area contributed by atoms with Crippen LogP contribution in [0.15, 0.2) is 66.7 Å². The van der Waals surface area contributed by atoms with Crippen molar-refractivity contribution in [2.24, 2.45) is 0 Å². The second kappa shape index (κ2) is 8.90. The van der Waals surface area contributed by atoms with Gasteiger partial charge in [-0.1, -0.05) is 36.4 Å². The maximum Gasteiger partial charge on any atom is 0.274 e. The lowest BCUT2D eigenvalue weighted by Crippen LogP contribution is -2.27. The predicted molar refractivity (Wildman–Crippen MR) is 106 cm³/mol. The number of rotatable bonds is 6. The Morgan fingerprint density at radius 2 is 1.57 bits per heavy atom.